The van der Waals surface area contributed by atoms with Crippen molar-refractivity contribution < 1.29 is 13.9 Å². The zero-order valence-electron chi connectivity index (χ0n) is 10.4. The normalized spacial score (nSPS) is 9.74. The molecule has 2 aromatic carbocycles. The van der Waals surface area contributed by atoms with E-state index in [-0.39, 0.29) is 12.2 Å². The van der Waals surface area contributed by atoms with E-state index < -0.39 is 5.82 Å². The van der Waals surface area contributed by atoms with Gasteiger partial charge in [0.2, 0.25) is 0 Å². The maximum atomic E-state index is 13.2. The molecule has 0 saturated carbocycles. The van der Waals surface area contributed by atoms with Crippen LogP contribution in [0.15, 0.2) is 42.5 Å². The SMILES string of the molecule is COc1ccccc1OCc1ccc(F)c(C#N)c1. The van der Waals surface area contributed by atoms with Gasteiger partial charge in [-0.25, -0.2) is 4.39 Å². The molecule has 0 bridgehead atoms. The van der Waals surface area contributed by atoms with Crippen LogP contribution < -0.4 is 9.47 Å². The molecule has 2 aromatic rings. The highest BCUT2D eigenvalue weighted by molar-refractivity contribution is 5.40. The predicted molar refractivity (Wildman–Crippen MR) is 68.4 cm³/mol. The molecule has 19 heavy (non-hydrogen) atoms. The molecule has 0 heterocycles. The quantitative estimate of drug-likeness (QED) is 0.844. The number of halogens is 1. The maximum absolute atomic E-state index is 13.2. The number of ether oxygens (including phenoxy) is 2. The Morgan fingerprint density at radius 3 is 2.58 bits per heavy atom. The van der Waals surface area contributed by atoms with Crippen LogP contribution in [0.25, 0.3) is 0 Å². The van der Waals surface area contributed by atoms with E-state index in [0.717, 1.165) is 5.56 Å². The first kappa shape index (κ1) is 12.9. The van der Waals surface area contributed by atoms with E-state index in [2.05, 4.69) is 0 Å². The topological polar surface area (TPSA) is 42.2 Å². The summed E-state index contributed by atoms with van der Waals surface area (Å²) in [5.74, 6) is 0.710. The van der Waals surface area contributed by atoms with Crippen molar-refractivity contribution in [2.24, 2.45) is 0 Å². The van der Waals surface area contributed by atoms with Gasteiger partial charge in [0.1, 0.15) is 18.5 Å². The minimum atomic E-state index is -0.524. The van der Waals surface area contributed by atoms with Crippen molar-refractivity contribution in [3.8, 4) is 17.6 Å². The molecule has 4 heteroatoms. The summed E-state index contributed by atoms with van der Waals surface area (Å²) >= 11 is 0. The molecule has 0 unspecified atom stereocenters. The molecule has 0 amide bonds. The number of hydrogen-bond acceptors (Lipinski definition) is 3. The van der Waals surface area contributed by atoms with E-state index in [9.17, 15) is 4.39 Å². The van der Waals surface area contributed by atoms with Gasteiger partial charge >= 0.3 is 0 Å². The van der Waals surface area contributed by atoms with Crippen LogP contribution in [0.3, 0.4) is 0 Å². The van der Waals surface area contributed by atoms with E-state index in [0.29, 0.717) is 11.5 Å². The van der Waals surface area contributed by atoms with Crippen LogP contribution in [0.2, 0.25) is 0 Å². The number of para-hydroxylation sites is 2. The lowest BCUT2D eigenvalue weighted by molar-refractivity contribution is 0.284. The Morgan fingerprint density at radius 1 is 1.16 bits per heavy atom. The molecule has 2 rings (SSSR count). The molecule has 0 aliphatic rings. The van der Waals surface area contributed by atoms with Crippen LogP contribution in [0, 0.1) is 17.1 Å². The first-order valence-electron chi connectivity index (χ1n) is 5.69. The summed E-state index contributed by atoms with van der Waals surface area (Å²) in [4.78, 5) is 0. The van der Waals surface area contributed by atoms with Gasteiger partial charge in [0, 0.05) is 0 Å². The second-order valence-corrected chi connectivity index (χ2v) is 3.87. The first-order chi connectivity index (χ1) is 9.24. The fourth-order valence-electron chi connectivity index (χ4n) is 1.65. The number of nitrogens with zero attached hydrogens (tertiary/aromatic N) is 1. The summed E-state index contributed by atoms with van der Waals surface area (Å²) in [7, 11) is 1.56. The van der Waals surface area contributed by atoms with Crippen molar-refractivity contribution in [2.75, 3.05) is 7.11 Å². The second kappa shape index (κ2) is 5.87. The van der Waals surface area contributed by atoms with Crippen LogP contribution in [0.4, 0.5) is 4.39 Å². The molecule has 0 saturated heterocycles. The fourth-order valence-corrected chi connectivity index (χ4v) is 1.65. The van der Waals surface area contributed by atoms with Gasteiger partial charge < -0.3 is 9.47 Å². The first-order valence-corrected chi connectivity index (χ1v) is 5.69. The average Bonchev–Trinajstić information content (AvgIpc) is 2.46. The molecule has 3 nitrogen and oxygen atoms in total. The molecule has 0 radical (unpaired) electrons. The molecule has 0 aliphatic heterocycles. The van der Waals surface area contributed by atoms with Gasteiger partial charge in [-0.2, -0.15) is 5.26 Å². The highest BCUT2D eigenvalue weighted by atomic mass is 19.1. The monoisotopic (exact) mass is 257 g/mol. The lowest BCUT2D eigenvalue weighted by Crippen LogP contribution is -1.98. The molecule has 0 spiro atoms. The van der Waals surface area contributed by atoms with E-state index in [1.807, 2.05) is 12.1 Å². The lowest BCUT2D eigenvalue weighted by atomic mass is 10.1. The lowest BCUT2D eigenvalue weighted by Gasteiger charge is -2.10. The van der Waals surface area contributed by atoms with Crippen molar-refractivity contribution in [2.45, 2.75) is 6.61 Å². The van der Waals surface area contributed by atoms with E-state index in [1.54, 1.807) is 31.4 Å². The molecule has 0 atom stereocenters. The van der Waals surface area contributed by atoms with Crippen molar-refractivity contribution in [1.82, 2.24) is 0 Å². The molecule has 0 fully saturated rings. The Hall–Kier alpha value is -2.54. The third-order valence-corrected chi connectivity index (χ3v) is 2.61. The number of benzene rings is 2. The predicted octanol–water partition coefficient (Wildman–Crippen LogP) is 3.28. The fraction of sp³-hybridized carbons (Fsp3) is 0.133. The minimum Gasteiger partial charge on any atom is -0.493 e. The standard InChI is InChI=1S/C15H12FNO2/c1-18-14-4-2-3-5-15(14)19-10-11-6-7-13(16)12(8-11)9-17/h2-8H,10H2,1H3. The number of methoxy groups -OCH3 is 1. The van der Waals surface area contributed by atoms with Gasteiger partial charge in [0.05, 0.1) is 12.7 Å². The largest absolute Gasteiger partial charge is 0.493 e. The minimum absolute atomic E-state index is 0.0149. The Kier molecular flexibility index (Phi) is 3.99. The van der Waals surface area contributed by atoms with Gasteiger partial charge in [0.15, 0.2) is 11.5 Å². The van der Waals surface area contributed by atoms with Crippen molar-refractivity contribution in [3.63, 3.8) is 0 Å². The summed E-state index contributed by atoms with van der Waals surface area (Å²) in [5.41, 5.74) is 0.741. The smallest absolute Gasteiger partial charge is 0.161 e. The van der Waals surface area contributed by atoms with Crippen molar-refractivity contribution in [3.05, 3.63) is 59.4 Å². The molecule has 96 valence electrons. The third-order valence-electron chi connectivity index (χ3n) is 2.61. The van der Waals surface area contributed by atoms with Gasteiger partial charge in [-0.05, 0) is 29.8 Å². The highest BCUT2D eigenvalue weighted by Crippen LogP contribution is 2.26. The van der Waals surface area contributed by atoms with Gasteiger partial charge in [-0.3, -0.25) is 0 Å². The zero-order valence-corrected chi connectivity index (χ0v) is 10.4. The van der Waals surface area contributed by atoms with Crippen LogP contribution in [0.1, 0.15) is 11.1 Å². The number of nitriles is 1. The Morgan fingerprint density at radius 2 is 1.89 bits per heavy atom. The van der Waals surface area contributed by atoms with Crippen molar-refractivity contribution in [1.29, 1.82) is 5.26 Å². The summed E-state index contributed by atoms with van der Waals surface area (Å²) < 4.78 is 23.9. The molecule has 0 aromatic heterocycles. The Balaban J connectivity index is 2.13. The zero-order chi connectivity index (χ0) is 13.7. The van der Waals surface area contributed by atoms with Crippen LogP contribution in [-0.2, 0) is 6.61 Å². The van der Waals surface area contributed by atoms with E-state index in [1.165, 1.54) is 12.1 Å². The summed E-state index contributed by atoms with van der Waals surface area (Å²) in [5, 5.41) is 8.76. The highest BCUT2D eigenvalue weighted by Gasteiger charge is 2.05. The third kappa shape index (κ3) is 3.02. The van der Waals surface area contributed by atoms with E-state index in [4.69, 9.17) is 14.7 Å². The van der Waals surface area contributed by atoms with E-state index >= 15 is 0 Å². The molecule has 0 N–H and O–H groups in total. The Bertz CT molecular complexity index is 620. The molecular weight excluding hydrogens is 245 g/mol. The molecular formula is C15H12FNO2. The number of hydrogen-bond donors (Lipinski definition) is 0. The number of rotatable bonds is 4. The second-order valence-electron chi connectivity index (χ2n) is 3.87. The summed E-state index contributed by atoms with van der Waals surface area (Å²) in [6.45, 7) is 0.245. The van der Waals surface area contributed by atoms with Gasteiger partial charge in [-0.15, -0.1) is 0 Å². The Labute approximate surface area is 110 Å². The van der Waals surface area contributed by atoms with Gasteiger partial charge in [0.25, 0.3) is 0 Å². The maximum Gasteiger partial charge on any atom is 0.161 e. The summed E-state index contributed by atoms with van der Waals surface area (Å²) in [6.07, 6.45) is 0. The van der Waals surface area contributed by atoms with Crippen molar-refractivity contribution >= 4 is 0 Å². The van der Waals surface area contributed by atoms with Crippen LogP contribution in [0.5, 0.6) is 11.5 Å². The summed E-state index contributed by atoms with van der Waals surface area (Å²) in [6, 6.07) is 13.4. The van der Waals surface area contributed by atoms with Crippen LogP contribution in [-0.4, -0.2) is 7.11 Å². The average molecular weight is 257 g/mol. The molecule has 0 aliphatic carbocycles. The van der Waals surface area contributed by atoms with Gasteiger partial charge in [-0.1, -0.05) is 18.2 Å². The van der Waals surface area contributed by atoms with Crippen LogP contribution >= 0.6 is 0 Å².